The maximum absolute atomic E-state index is 13.3. The first-order chi connectivity index (χ1) is 15.1. The maximum Gasteiger partial charge on any atom is 0.0892 e. The highest BCUT2D eigenvalue weighted by atomic mass is 32.2. The van der Waals surface area contributed by atoms with Gasteiger partial charge in [0.2, 0.25) is 0 Å². The SMILES string of the molecule is Cc1ccc2c(c1C)N(CCCNCc1ccccc1)c1cc(CCO)ccc1S2=O. The van der Waals surface area contributed by atoms with Crippen LogP contribution in [0, 0.1) is 13.8 Å². The van der Waals surface area contributed by atoms with Crippen molar-refractivity contribution in [2.75, 3.05) is 24.6 Å². The van der Waals surface area contributed by atoms with Gasteiger partial charge in [0.15, 0.2) is 0 Å². The van der Waals surface area contributed by atoms with Gasteiger partial charge in [-0.05, 0) is 73.7 Å². The number of aliphatic hydroxyl groups is 1. The first kappa shape index (κ1) is 21.8. The van der Waals surface area contributed by atoms with E-state index >= 15 is 0 Å². The van der Waals surface area contributed by atoms with Crippen molar-refractivity contribution >= 4 is 22.2 Å². The van der Waals surface area contributed by atoms with Gasteiger partial charge in [-0.25, -0.2) is 4.21 Å². The number of fused-ring (bicyclic) bond motifs is 2. The third-order valence-corrected chi connectivity index (χ3v) is 7.43. The van der Waals surface area contributed by atoms with E-state index in [1.165, 1.54) is 16.7 Å². The van der Waals surface area contributed by atoms with Gasteiger partial charge in [0.05, 0.1) is 32.0 Å². The van der Waals surface area contributed by atoms with Crippen LogP contribution in [-0.2, 0) is 23.8 Å². The standard InChI is InChI=1S/C26H30N2O2S/c1-19-9-11-25-26(20(19)2)28(15-6-14-27-18-22-7-4-3-5-8-22)23-17-21(13-16-29)10-12-24(23)31(25)30/h3-5,7-12,17,27,29H,6,13-16,18H2,1-2H3. The molecular weight excluding hydrogens is 404 g/mol. The zero-order valence-electron chi connectivity index (χ0n) is 18.2. The van der Waals surface area contributed by atoms with Gasteiger partial charge in [0.1, 0.15) is 0 Å². The van der Waals surface area contributed by atoms with Gasteiger partial charge >= 0.3 is 0 Å². The Morgan fingerprint density at radius 1 is 0.968 bits per heavy atom. The van der Waals surface area contributed by atoms with Crippen LogP contribution in [0.25, 0.3) is 0 Å². The summed E-state index contributed by atoms with van der Waals surface area (Å²) in [6.07, 6.45) is 1.57. The van der Waals surface area contributed by atoms with Crippen LogP contribution in [0.15, 0.2) is 70.5 Å². The third kappa shape index (κ3) is 4.59. The Labute approximate surface area is 187 Å². The fourth-order valence-corrected chi connectivity index (χ4v) is 5.56. The van der Waals surface area contributed by atoms with Crippen LogP contribution in [-0.4, -0.2) is 29.0 Å². The van der Waals surface area contributed by atoms with Crippen molar-refractivity contribution in [3.8, 4) is 0 Å². The molecule has 1 unspecified atom stereocenters. The largest absolute Gasteiger partial charge is 0.396 e. The fraction of sp³-hybridized carbons (Fsp3) is 0.308. The van der Waals surface area contributed by atoms with Crippen molar-refractivity contribution in [2.45, 2.75) is 43.0 Å². The molecule has 0 saturated carbocycles. The summed E-state index contributed by atoms with van der Waals surface area (Å²) in [7, 11) is -1.20. The van der Waals surface area contributed by atoms with Gasteiger partial charge < -0.3 is 15.3 Å². The van der Waals surface area contributed by atoms with Crippen LogP contribution in [0.5, 0.6) is 0 Å². The molecule has 4 nitrogen and oxygen atoms in total. The van der Waals surface area contributed by atoms with Crippen molar-refractivity contribution < 1.29 is 9.32 Å². The highest BCUT2D eigenvalue weighted by Gasteiger charge is 2.30. The van der Waals surface area contributed by atoms with Crippen LogP contribution in [0.1, 0.15) is 28.7 Å². The molecule has 0 saturated heterocycles. The Hall–Kier alpha value is -2.47. The number of aryl methyl sites for hydroxylation is 1. The second kappa shape index (κ2) is 9.77. The number of nitrogens with one attached hydrogen (secondary N) is 1. The summed E-state index contributed by atoms with van der Waals surface area (Å²) < 4.78 is 13.3. The van der Waals surface area contributed by atoms with E-state index in [0.29, 0.717) is 6.42 Å². The Morgan fingerprint density at radius 2 is 1.74 bits per heavy atom. The number of benzene rings is 3. The molecular formula is C26H30N2O2S. The van der Waals surface area contributed by atoms with E-state index in [0.717, 1.165) is 52.8 Å². The summed E-state index contributed by atoms with van der Waals surface area (Å²) in [6, 6.07) is 20.6. The summed E-state index contributed by atoms with van der Waals surface area (Å²) in [4.78, 5) is 4.08. The monoisotopic (exact) mass is 434 g/mol. The average Bonchev–Trinajstić information content (AvgIpc) is 2.78. The van der Waals surface area contributed by atoms with Crippen LogP contribution in [0.2, 0.25) is 0 Å². The van der Waals surface area contributed by atoms with E-state index in [9.17, 15) is 9.32 Å². The first-order valence-electron chi connectivity index (χ1n) is 10.9. The predicted octanol–water partition coefficient (Wildman–Crippen LogP) is 4.64. The molecule has 1 aliphatic heterocycles. The topological polar surface area (TPSA) is 52.6 Å². The number of rotatable bonds is 8. The lowest BCUT2D eigenvalue weighted by Gasteiger charge is -2.35. The zero-order chi connectivity index (χ0) is 21.8. The minimum atomic E-state index is -1.20. The van der Waals surface area contributed by atoms with Gasteiger partial charge in [-0.3, -0.25) is 0 Å². The molecule has 31 heavy (non-hydrogen) atoms. The molecule has 1 aliphatic rings. The van der Waals surface area contributed by atoms with Crippen molar-refractivity contribution in [1.29, 1.82) is 0 Å². The van der Waals surface area contributed by atoms with Crippen molar-refractivity contribution in [3.63, 3.8) is 0 Å². The highest BCUT2D eigenvalue weighted by molar-refractivity contribution is 7.85. The van der Waals surface area contributed by atoms with E-state index in [2.05, 4.69) is 60.5 Å². The second-order valence-electron chi connectivity index (χ2n) is 8.07. The molecule has 0 bridgehead atoms. The molecule has 1 heterocycles. The molecule has 2 N–H and O–H groups in total. The minimum Gasteiger partial charge on any atom is -0.396 e. The molecule has 0 fully saturated rings. The summed E-state index contributed by atoms with van der Waals surface area (Å²) in [5.41, 5.74) is 6.83. The quantitative estimate of drug-likeness (QED) is 0.507. The molecule has 0 radical (unpaired) electrons. The van der Waals surface area contributed by atoms with Crippen LogP contribution in [0.3, 0.4) is 0 Å². The lowest BCUT2D eigenvalue weighted by atomic mass is 10.0. The number of hydrogen-bond acceptors (Lipinski definition) is 4. The predicted molar refractivity (Wildman–Crippen MR) is 128 cm³/mol. The molecule has 5 heteroatoms. The average molecular weight is 435 g/mol. The van der Waals surface area contributed by atoms with Gasteiger partial charge in [-0.1, -0.05) is 42.5 Å². The van der Waals surface area contributed by atoms with Gasteiger partial charge in [0.25, 0.3) is 0 Å². The first-order valence-corrected chi connectivity index (χ1v) is 12.0. The van der Waals surface area contributed by atoms with Crippen LogP contribution < -0.4 is 10.2 Å². The van der Waals surface area contributed by atoms with E-state index in [4.69, 9.17) is 0 Å². The highest BCUT2D eigenvalue weighted by Crippen LogP contribution is 2.44. The van der Waals surface area contributed by atoms with E-state index in [1.54, 1.807) is 0 Å². The Balaban J connectivity index is 1.58. The number of hydrogen-bond donors (Lipinski definition) is 2. The lowest BCUT2D eigenvalue weighted by Crippen LogP contribution is -2.28. The Morgan fingerprint density at radius 3 is 2.52 bits per heavy atom. The van der Waals surface area contributed by atoms with Crippen molar-refractivity contribution in [1.82, 2.24) is 5.32 Å². The summed E-state index contributed by atoms with van der Waals surface area (Å²) in [5.74, 6) is 0. The summed E-state index contributed by atoms with van der Waals surface area (Å²) in [6.45, 7) is 6.94. The Bertz CT molecular complexity index is 1080. The summed E-state index contributed by atoms with van der Waals surface area (Å²) >= 11 is 0. The van der Waals surface area contributed by atoms with Gasteiger partial charge in [0, 0.05) is 19.7 Å². The number of aliphatic hydroxyl groups excluding tert-OH is 1. The molecule has 3 aromatic carbocycles. The molecule has 0 amide bonds. The third-order valence-electron chi connectivity index (χ3n) is 5.96. The van der Waals surface area contributed by atoms with Crippen LogP contribution in [0.4, 0.5) is 11.4 Å². The smallest absolute Gasteiger partial charge is 0.0892 e. The fourth-order valence-electron chi connectivity index (χ4n) is 4.14. The minimum absolute atomic E-state index is 0.111. The van der Waals surface area contributed by atoms with Crippen molar-refractivity contribution in [2.24, 2.45) is 0 Å². The molecule has 4 rings (SSSR count). The molecule has 0 aliphatic carbocycles. The van der Waals surface area contributed by atoms with E-state index in [1.807, 2.05) is 24.3 Å². The zero-order valence-corrected chi connectivity index (χ0v) is 19.0. The summed E-state index contributed by atoms with van der Waals surface area (Å²) in [5, 5.41) is 12.9. The second-order valence-corrected chi connectivity index (χ2v) is 9.48. The molecule has 1 atom stereocenters. The normalized spacial score (nSPS) is 14.9. The van der Waals surface area contributed by atoms with Crippen LogP contribution >= 0.6 is 0 Å². The van der Waals surface area contributed by atoms with E-state index < -0.39 is 10.8 Å². The van der Waals surface area contributed by atoms with Gasteiger partial charge in [-0.2, -0.15) is 0 Å². The molecule has 0 aromatic heterocycles. The van der Waals surface area contributed by atoms with E-state index in [-0.39, 0.29) is 6.61 Å². The van der Waals surface area contributed by atoms with Crippen molar-refractivity contribution in [3.05, 3.63) is 82.9 Å². The molecule has 0 spiro atoms. The Kier molecular flexibility index (Phi) is 6.86. The number of anilines is 2. The molecule has 162 valence electrons. The molecule has 3 aromatic rings. The maximum atomic E-state index is 13.3. The van der Waals surface area contributed by atoms with Gasteiger partial charge in [-0.15, -0.1) is 0 Å². The lowest BCUT2D eigenvalue weighted by molar-refractivity contribution is 0.299. The number of nitrogens with zero attached hydrogens (tertiary/aromatic N) is 1.